The molecule has 1 aliphatic rings. The van der Waals surface area contributed by atoms with Gasteiger partial charge in [-0.1, -0.05) is 0 Å². The van der Waals surface area contributed by atoms with E-state index in [2.05, 4.69) is 32.9 Å². The van der Waals surface area contributed by atoms with Crippen LogP contribution in [0.25, 0.3) is 0 Å². The predicted octanol–water partition coefficient (Wildman–Crippen LogP) is 2.16. The molecule has 4 nitrogen and oxygen atoms in total. The van der Waals surface area contributed by atoms with Crippen LogP contribution in [-0.4, -0.2) is 33.8 Å². The predicted molar refractivity (Wildman–Crippen MR) is 79.8 cm³/mol. The van der Waals surface area contributed by atoms with Crippen molar-refractivity contribution in [2.45, 2.75) is 32.4 Å². The molecule has 0 amide bonds. The zero-order valence-electron chi connectivity index (χ0n) is 11.0. The number of nitrogens with two attached hydrogens (primary N) is 1. The van der Waals surface area contributed by atoms with Gasteiger partial charge in [-0.3, -0.25) is 9.58 Å². The second-order valence-corrected chi connectivity index (χ2v) is 5.91. The van der Waals surface area contributed by atoms with Crippen molar-refractivity contribution >= 4 is 28.3 Å². The smallest absolute Gasteiger partial charge is 0.0663 e. The van der Waals surface area contributed by atoms with Crippen LogP contribution in [0.1, 0.15) is 25.5 Å². The summed E-state index contributed by atoms with van der Waals surface area (Å²) in [6.07, 6.45) is 4.38. The van der Waals surface area contributed by atoms with Gasteiger partial charge in [-0.15, -0.1) is 12.4 Å². The first-order valence-electron chi connectivity index (χ1n) is 6.22. The largest absolute Gasteiger partial charge is 0.328 e. The van der Waals surface area contributed by atoms with Crippen LogP contribution in [0.3, 0.4) is 0 Å². The molecule has 0 bridgehead atoms. The number of hydrogen-bond donors (Lipinski definition) is 1. The molecule has 18 heavy (non-hydrogen) atoms. The molecule has 1 aromatic rings. The Morgan fingerprint density at radius 3 is 2.89 bits per heavy atom. The van der Waals surface area contributed by atoms with Gasteiger partial charge in [0.25, 0.3) is 0 Å². The highest BCUT2D eigenvalue weighted by Crippen LogP contribution is 2.23. The summed E-state index contributed by atoms with van der Waals surface area (Å²) in [5.74, 6) is 0.635. The molecule has 0 aromatic carbocycles. The fourth-order valence-electron chi connectivity index (χ4n) is 2.49. The van der Waals surface area contributed by atoms with Crippen molar-refractivity contribution in [2.24, 2.45) is 18.7 Å². The average molecular weight is 338 g/mol. The second-order valence-electron chi connectivity index (χ2n) is 5.06. The summed E-state index contributed by atoms with van der Waals surface area (Å²) in [5, 5.41) is 4.25. The van der Waals surface area contributed by atoms with Crippen LogP contribution < -0.4 is 5.73 Å². The molecule has 2 atom stereocenters. The number of piperidine rings is 1. The molecule has 0 saturated carbocycles. The third-order valence-electron chi connectivity index (χ3n) is 3.67. The summed E-state index contributed by atoms with van der Waals surface area (Å²) in [5.41, 5.74) is 7.25. The summed E-state index contributed by atoms with van der Waals surface area (Å²) in [6.45, 7) is 5.35. The van der Waals surface area contributed by atoms with E-state index in [1.54, 1.807) is 0 Å². The monoisotopic (exact) mass is 336 g/mol. The maximum Gasteiger partial charge on any atom is 0.0663 e. The standard InChI is InChI=1S/C12H21BrN4.ClH/c1-9(14)10-4-3-5-17(7-10)8-12-11(13)6-15-16(12)2;/h6,9-10H,3-5,7-8,14H2,1-2H3;1H. The van der Waals surface area contributed by atoms with E-state index in [-0.39, 0.29) is 12.4 Å². The molecule has 1 saturated heterocycles. The van der Waals surface area contributed by atoms with E-state index in [9.17, 15) is 0 Å². The SMILES string of the molecule is CC(N)C1CCCN(Cc2c(Br)cnn2C)C1.Cl. The lowest BCUT2D eigenvalue weighted by atomic mass is 9.92. The summed E-state index contributed by atoms with van der Waals surface area (Å²) >= 11 is 3.55. The molecule has 2 N–H and O–H groups in total. The number of nitrogens with zero attached hydrogens (tertiary/aromatic N) is 3. The number of rotatable bonds is 3. The third kappa shape index (κ3) is 3.70. The molecule has 0 radical (unpaired) electrons. The first-order chi connectivity index (χ1) is 8.08. The minimum Gasteiger partial charge on any atom is -0.328 e. The van der Waals surface area contributed by atoms with Gasteiger partial charge in [0, 0.05) is 26.2 Å². The highest BCUT2D eigenvalue weighted by atomic mass is 79.9. The Bertz CT molecular complexity index is 361. The Morgan fingerprint density at radius 2 is 2.33 bits per heavy atom. The van der Waals surface area contributed by atoms with Crippen molar-refractivity contribution in [1.82, 2.24) is 14.7 Å². The fraction of sp³-hybridized carbons (Fsp3) is 0.750. The van der Waals surface area contributed by atoms with Gasteiger partial charge >= 0.3 is 0 Å². The second kappa shape index (κ2) is 6.89. The van der Waals surface area contributed by atoms with E-state index in [0.717, 1.165) is 17.6 Å². The van der Waals surface area contributed by atoms with Crippen molar-refractivity contribution in [1.29, 1.82) is 0 Å². The zero-order valence-corrected chi connectivity index (χ0v) is 13.4. The van der Waals surface area contributed by atoms with Crippen molar-refractivity contribution in [2.75, 3.05) is 13.1 Å². The maximum absolute atomic E-state index is 6.01. The van der Waals surface area contributed by atoms with Crippen LogP contribution in [0.5, 0.6) is 0 Å². The van der Waals surface area contributed by atoms with Crippen LogP contribution in [-0.2, 0) is 13.6 Å². The molecule has 1 aromatic heterocycles. The van der Waals surface area contributed by atoms with Gasteiger partial charge in [0.2, 0.25) is 0 Å². The van der Waals surface area contributed by atoms with Gasteiger partial charge < -0.3 is 5.73 Å². The van der Waals surface area contributed by atoms with E-state index in [0.29, 0.717) is 12.0 Å². The third-order valence-corrected chi connectivity index (χ3v) is 4.33. The molecule has 6 heteroatoms. The van der Waals surface area contributed by atoms with Gasteiger partial charge in [0.15, 0.2) is 0 Å². The van der Waals surface area contributed by atoms with Crippen LogP contribution in [0.4, 0.5) is 0 Å². The fourth-order valence-corrected chi connectivity index (χ4v) is 2.96. The van der Waals surface area contributed by atoms with E-state index < -0.39 is 0 Å². The van der Waals surface area contributed by atoms with Crippen LogP contribution in [0, 0.1) is 5.92 Å². The molecule has 2 unspecified atom stereocenters. The molecule has 1 fully saturated rings. The number of hydrogen-bond acceptors (Lipinski definition) is 3. The highest BCUT2D eigenvalue weighted by Gasteiger charge is 2.23. The van der Waals surface area contributed by atoms with E-state index in [1.807, 2.05) is 17.9 Å². The minimum atomic E-state index is 0. The maximum atomic E-state index is 6.01. The summed E-state index contributed by atoms with van der Waals surface area (Å²) in [4.78, 5) is 2.49. The molecule has 2 rings (SSSR count). The zero-order chi connectivity index (χ0) is 12.4. The Morgan fingerprint density at radius 1 is 1.61 bits per heavy atom. The highest BCUT2D eigenvalue weighted by molar-refractivity contribution is 9.10. The Hall–Kier alpha value is -0.100. The first kappa shape index (κ1) is 16.0. The van der Waals surface area contributed by atoms with Crippen LogP contribution in [0.15, 0.2) is 10.7 Å². The lowest BCUT2D eigenvalue weighted by molar-refractivity contribution is 0.151. The number of halogens is 2. The van der Waals surface area contributed by atoms with Crippen molar-refractivity contribution in [3.63, 3.8) is 0 Å². The number of aromatic nitrogens is 2. The van der Waals surface area contributed by atoms with Gasteiger partial charge in [-0.05, 0) is 48.2 Å². The summed E-state index contributed by atoms with van der Waals surface area (Å²) in [7, 11) is 1.99. The van der Waals surface area contributed by atoms with Gasteiger partial charge in [-0.25, -0.2) is 0 Å². The van der Waals surface area contributed by atoms with E-state index in [4.69, 9.17) is 5.73 Å². The molecule has 104 valence electrons. The van der Waals surface area contributed by atoms with E-state index >= 15 is 0 Å². The topological polar surface area (TPSA) is 47.1 Å². The normalized spacial score (nSPS) is 22.6. The minimum absolute atomic E-state index is 0. The van der Waals surface area contributed by atoms with Gasteiger partial charge in [0.1, 0.15) is 0 Å². The van der Waals surface area contributed by atoms with Gasteiger partial charge in [0.05, 0.1) is 16.4 Å². The lowest BCUT2D eigenvalue weighted by Gasteiger charge is -2.34. The van der Waals surface area contributed by atoms with E-state index in [1.165, 1.54) is 25.1 Å². The quantitative estimate of drug-likeness (QED) is 0.919. The number of likely N-dealkylation sites (tertiary alicyclic amines) is 1. The molecular formula is C12H22BrClN4. The Kier molecular flexibility index (Phi) is 6.11. The molecule has 1 aliphatic heterocycles. The van der Waals surface area contributed by atoms with Crippen molar-refractivity contribution in [3.8, 4) is 0 Å². The van der Waals surface area contributed by atoms with Crippen LogP contribution >= 0.6 is 28.3 Å². The Labute approximate surface area is 123 Å². The van der Waals surface area contributed by atoms with Gasteiger partial charge in [-0.2, -0.15) is 5.10 Å². The molecule has 0 aliphatic carbocycles. The molecule has 0 spiro atoms. The molecular weight excluding hydrogens is 316 g/mol. The first-order valence-corrected chi connectivity index (χ1v) is 7.01. The van der Waals surface area contributed by atoms with Crippen molar-refractivity contribution < 1.29 is 0 Å². The lowest BCUT2D eigenvalue weighted by Crippen LogP contribution is -2.42. The van der Waals surface area contributed by atoms with Crippen LogP contribution in [0.2, 0.25) is 0 Å². The van der Waals surface area contributed by atoms with Crippen molar-refractivity contribution in [3.05, 3.63) is 16.4 Å². The Balaban J connectivity index is 0.00000162. The average Bonchev–Trinajstić information content (AvgIpc) is 2.61. The number of aryl methyl sites for hydroxylation is 1. The molecule has 2 heterocycles. The summed E-state index contributed by atoms with van der Waals surface area (Å²) < 4.78 is 3.04. The summed E-state index contributed by atoms with van der Waals surface area (Å²) in [6, 6.07) is 0.299.